The summed E-state index contributed by atoms with van der Waals surface area (Å²) in [7, 11) is 1.81. The first-order chi connectivity index (χ1) is 8.68. The van der Waals surface area contributed by atoms with Crippen molar-refractivity contribution in [1.29, 1.82) is 0 Å². The Labute approximate surface area is 114 Å². The SMILES string of the molecule is Cn1cc(C(N)C(=O)NCC2C(C)(C)C2(C)C)cn1. The molecular formula is C14H24N4O. The maximum absolute atomic E-state index is 12.0. The van der Waals surface area contributed by atoms with Crippen molar-refractivity contribution in [1.82, 2.24) is 15.1 Å². The Morgan fingerprint density at radius 1 is 1.47 bits per heavy atom. The number of rotatable bonds is 4. The Balaban J connectivity index is 1.89. The summed E-state index contributed by atoms with van der Waals surface area (Å²) < 4.78 is 1.65. The lowest BCUT2D eigenvalue weighted by atomic mass is 10.0. The Hall–Kier alpha value is -1.36. The van der Waals surface area contributed by atoms with Gasteiger partial charge in [0, 0.05) is 25.4 Å². The molecule has 1 saturated carbocycles. The summed E-state index contributed by atoms with van der Waals surface area (Å²) in [5, 5.41) is 6.99. The van der Waals surface area contributed by atoms with E-state index in [4.69, 9.17) is 5.73 Å². The van der Waals surface area contributed by atoms with Gasteiger partial charge in [-0.15, -0.1) is 0 Å². The van der Waals surface area contributed by atoms with E-state index in [0.717, 1.165) is 5.56 Å². The van der Waals surface area contributed by atoms with Gasteiger partial charge < -0.3 is 11.1 Å². The molecule has 0 spiro atoms. The summed E-state index contributed by atoms with van der Waals surface area (Å²) >= 11 is 0. The highest BCUT2D eigenvalue weighted by molar-refractivity contribution is 5.82. The van der Waals surface area contributed by atoms with E-state index >= 15 is 0 Å². The van der Waals surface area contributed by atoms with Gasteiger partial charge in [-0.25, -0.2) is 0 Å². The topological polar surface area (TPSA) is 72.9 Å². The summed E-state index contributed by atoms with van der Waals surface area (Å²) in [6.07, 6.45) is 3.41. The predicted molar refractivity (Wildman–Crippen MR) is 74.2 cm³/mol. The molecule has 1 atom stereocenters. The quantitative estimate of drug-likeness (QED) is 0.858. The second-order valence-electron chi connectivity index (χ2n) is 6.67. The van der Waals surface area contributed by atoms with Crippen LogP contribution in [0.4, 0.5) is 0 Å². The van der Waals surface area contributed by atoms with Crippen LogP contribution in [0, 0.1) is 16.7 Å². The number of carbonyl (C=O) groups is 1. The highest BCUT2D eigenvalue weighted by atomic mass is 16.2. The number of nitrogens with one attached hydrogen (secondary N) is 1. The van der Waals surface area contributed by atoms with Gasteiger partial charge in [-0.3, -0.25) is 9.48 Å². The summed E-state index contributed by atoms with van der Waals surface area (Å²) in [4.78, 5) is 12.0. The standard InChI is InChI=1S/C14H24N4O/c1-13(2)10(14(13,3)4)7-16-12(19)11(15)9-6-17-18(5)8-9/h6,8,10-11H,7,15H2,1-5H3,(H,16,19). The van der Waals surface area contributed by atoms with E-state index in [-0.39, 0.29) is 16.7 Å². The van der Waals surface area contributed by atoms with Crippen LogP contribution in [0.1, 0.15) is 39.3 Å². The monoisotopic (exact) mass is 264 g/mol. The van der Waals surface area contributed by atoms with Crippen molar-refractivity contribution in [3.05, 3.63) is 18.0 Å². The van der Waals surface area contributed by atoms with Crippen molar-refractivity contribution >= 4 is 5.91 Å². The molecule has 0 aliphatic heterocycles. The van der Waals surface area contributed by atoms with E-state index in [0.29, 0.717) is 12.5 Å². The zero-order valence-corrected chi connectivity index (χ0v) is 12.4. The summed E-state index contributed by atoms with van der Waals surface area (Å²) in [6.45, 7) is 9.65. The third kappa shape index (κ3) is 2.27. The summed E-state index contributed by atoms with van der Waals surface area (Å²) in [5.74, 6) is 0.372. The minimum absolute atomic E-state index is 0.133. The molecule has 1 aromatic rings. The van der Waals surface area contributed by atoms with Crippen molar-refractivity contribution in [2.45, 2.75) is 33.7 Å². The molecule has 3 N–H and O–H groups in total. The van der Waals surface area contributed by atoms with Gasteiger partial charge in [-0.2, -0.15) is 5.10 Å². The average molecular weight is 264 g/mol. The van der Waals surface area contributed by atoms with Crippen LogP contribution in [0.5, 0.6) is 0 Å². The Morgan fingerprint density at radius 3 is 2.47 bits per heavy atom. The van der Waals surface area contributed by atoms with Gasteiger partial charge in [0.1, 0.15) is 6.04 Å². The number of hydrogen-bond acceptors (Lipinski definition) is 3. The Kier molecular flexibility index (Phi) is 3.21. The van der Waals surface area contributed by atoms with Crippen molar-refractivity contribution in [3.63, 3.8) is 0 Å². The molecule has 1 aliphatic rings. The van der Waals surface area contributed by atoms with Crippen LogP contribution < -0.4 is 11.1 Å². The molecule has 0 aromatic carbocycles. The molecule has 5 heteroatoms. The second kappa shape index (κ2) is 4.34. The van der Waals surface area contributed by atoms with Crippen LogP contribution in [-0.2, 0) is 11.8 Å². The first kappa shape index (κ1) is 14.1. The van der Waals surface area contributed by atoms with E-state index in [1.54, 1.807) is 17.1 Å². The van der Waals surface area contributed by atoms with E-state index in [1.807, 2.05) is 7.05 Å². The molecule has 1 aromatic heterocycles. The van der Waals surface area contributed by atoms with Gasteiger partial charge in [0.2, 0.25) is 5.91 Å². The molecule has 1 aliphatic carbocycles. The lowest BCUT2D eigenvalue weighted by Crippen LogP contribution is -2.35. The number of hydrogen-bond donors (Lipinski definition) is 2. The van der Waals surface area contributed by atoms with Crippen molar-refractivity contribution in [3.8, 4) is 0 Å². The summed E-state index contributed by atoms with van der Waals surface area (Å²) in [5.41, 5.74) is 7.23. The van der Waals surface area contributed by atoms with Crippen molar-refractivity contribution in [2.24, 2.45) is 29.5 Å². The fourth-order valence-electron chi connectivity index (χ4n) is 2.91. The van der Waals surface area contributed by atoms with Crippen LogP contribution in [-0.4, -0.2) is 22.2 Å². The minimum Gasteiger partial charge on any atom is -0.354 e. The molecule has 5 nitrogen and oxygen atoms in total. The maximum Gasteiger partial charge on any atom is 0.241 e. The van der Waals surface area contributed by atoms with Gasteiger partial charge >= 0.3 is 0 Å². The molecule has 106 valence electrons. The van der Waals surface area contributed by atoms with Crippen LogP contribution >= 0.6 is 0 Å². The van der Waals surface area contributed by atoms with Crippen LogP contribution in [0.15, 0.2) is 12.4 Å². The molecular weight excluding hydrogens is 240 g/mol. The number of carbonyl (C=O) groups excluding carboxylic acids is 1. The number of amides is 1. The normalized spacial score (nSPS) is 22.0. The predicted octanol–water partition coefficient (Wildman–Crippen LogP) is 1.22. The number of aryl methyl sites for hydroxylation is 1. The fraction of sp³-hybridized carbons (Fsp3) is 0.714. The van der Waals surface area contributed by atoms with Gasteiger partial charge in [-0.1, -0.05) is 27.7 Å². The largest absolute Gasteiger partial charge is 0.354 e. The van der Waals surface area contributed by atoms with E-state index < -0.39 is 6.04 Å². The molecule has 19 heavy (non-hydrogen) atoms. The Morgan fingerprint density at radius 2 is 2.05 bits per heavy atom. The van der Waals surface area contributed by atoms with E-state index in [1.165, 1.54) is 0 Å². The first-order valence-electron chi connectivity index (χ1n) is 6.69. The van der Waals surface area contributed by atoms with E-state index in [9.17, 15) is 4.79 Å². The fourth-order valence-corrected chi connectivity index (χ4v) is 2.91. The average Bonchev–Trinajstić information content (AvgIpc) is 2.68. The molecule has 0 bridgehead atoms. The number of nitrogens with zero attached hydrogens (tertiary/aromatic N) is 2. The molecule has 1 fully saturated rings. The van der Waals surface area contributed by atoms with Gasteiger partial charge in [0.25, 0.3) is 0 Å². The maximum atomic E-state index is 12.0. The van der Waals surface area contributed by atoms with Crippen molar-refractivity contribution in [2.75, 3.05) is 6.54 Å². The highest BCUT2D eigenvalue weighted by Gasteiger charge is 2.64. The zero-order chi connectivity index (χ0) is 14.4. The third-order valence-electron chi connectivity index (χ3n) is 5.17. The van der Waals surface area contributed by atoms with Gasteiger partial charge in [0.05, 0.1) is 6.20 Å². The minimum atomic E-state index is -0.640. The first-order valence-corrected chi connectivity index (χ1v) is 6.69. The lowest BCUT2D eigenvalue weighted by Gasteiger charge is -2.11. The van der Waals surface area contributed by atoms with Gasteiger partial charge in [-0.05, 0) is 16.7 Å². The highest BCUT2D eigenvalue weighted by Crippen LogP contribution is 2.67. The Bertz CT molecular complexity index is 475. The molecule has 1 heterocycles. The molecule has 1 amide bonds. The van der Waals surface area contributed by atoms with Gasteiger partial charge in [0.15, 0.2) is 0 Å². The molecule has 0 saturated heterocycles. The smallest absolute Gasteiger partial charge is 0.241 e. The lowest BCUT2D eigenvalue weighted by molar-refractivity contribution is -0.122. The van der Waals surface area contributed by atoms with Crippen LogP contribution in [0.2, 0.25) is 0 Å². The zero-order valence-electron chi connectivity index (χ0n) is 12.4. The second-order valence-corrected chi connectivity index (χ2v) is 6.67. The van der Waals surface area contributed by atoms with Crippen molar-refractivity contribution < 1.29 is 4.79 Å². The molecule has 0 radical (unpaired) electrons. The number of nitrogens with two attached hydrogens (primary N) is 1. The van der Waals surface area contributed by atoms with E-state index in [2.05, 4.69) is 38.1 Å². The number of aromatic nitrogens is 2. The van der Waals surface area contributed by atoms with Crippen LogP contribution in [0.3, 0.4) is 0 Å². The molecule has 1 unspecified atom stereocenters. The third-order valence-corrected chi connectivity index (χ3v) is 5.17. The molecule has 2 rings (SSSR count). The van der Waals surface area contributed by atoms with Crippen LogP contribution in [0.25, 0.3) is 0 Å². The summed E-state index contributed by atoms with van der Waals surface area (Å²) in [6, 6.07) is -0.640.